The molecule has 0 radical (unpaired) electrons. The minimum Gasteiger partial charge on any atom is -0.356 e. The van der Waals surface area contributed by atoms with Crippen molar-refractivity contribution in [2.75, 3.05) is 18.0 Å². The molecule has 0 N–H and O–H groups in total. The second-order valence-corrected chi connectivity index (χ2v) is 8.33. The molecule has 5 rings (SSSR count). The first-order valence-electron chi connectivity index (χ1n) is 10.8. The molecule has 29 heavy (non-hydrogen) atoms. The van der Waals surface area contributed by atoms with Crippen LogP contribution in [0.2, 0.25) is 0 Å². The summed E-state index contributed by atoms with van der Waals surface area (Å²) >= 11 is 0. The van der Waals surface area contributed by atoms with E-state index in [1.165, 1.54) is 35.6 Å². The second kappa shape index (κ2) is 7.51. The zero-order valence-electron chi connectivity index (χ0n) is 17.3. The Bertz CT molecular complexity index is 1140. The smallest absolute Gasteiger partial charge is 0.165 e. The van der Waals surface area contributed by atoms with E-state index in [-0.39, 0.29) is 0 Å². The van der Waals surface area contributed by atoms with Crippen LogP contribution >= 0.6 is 0 Å². The van der Waals surface area contributed by atoms with E-state index in [2.05, 4.69) is 67.3 Å². The molecule has 0 amide bonds. The zero-order valence-corrected chi connectivity index (χ0v) is 17.3. The van der Waals surface area contributed by atoms with Crippen molar-refractivity contribution in [3.8, 4) is 11.1 Å². The van der Waals surface area contributed by atoms with Crippen LogP contribution in [0.1, 0.15) is 33.1 Å². The van der Waals surface area contributed by atoms with Crippen molar-refractivity contribution in [3.63, 3.8) is 0 Å². The maximum absolute atomic E-state index is 4.78. The molecule has 2 atom stereocenters. The SMILES string of the molecule is CCC1CCN(c2ccnc3c(-c4cccc5ccccc45)cnn23)CCC1C. The number of anilines is 1. The number of benzene rings is 2. The third kappa shape index (κ3) is 3.17. The van der Waals surface area contributed by atoms with Crippen molar-refractivity contribution in [3.05, 3.63) is 60.9 Å². The summed E-state index contributed by atoms with van der Waals surface area (Å²) in [6, 6.07) is 17.1. The van der Waals surface area contributed by atoms with E-state index in [1.54, 1.807) is 0 Å². The number of nitrogens with zero attached hydrogens (tertiary/aromatic N) is 4. The molecule has 4 heteroatoms. The highest BCUT2D eigenvalue weighted by Crippen LogP contribution is 2.33. The number of hydrogen-bond acceptors (Lipinski definition) is 3. The van der Waals surface area contributed by atoms with Gasteiger partial charge in [-0.05, 0) is 47.1 Å². The lowest BCUT2D eigenvalue weighted by molar-refractivity contribution is 0.338. The molecule has 0 aliphatic carbocycles. The molecule has 1 aliphatic heterocycles. The van der Waals surface area contributed by atoms with Gasteiger partial charge in [0.1, 0.15) is 5.82 Å². The topological polar surface area (TPSA) is 33.4 Å². The van der Waals surface area contributed by atoms with E-state index >= 15 is 0 Å². The molecule has 1 fully saturated rings. The maximum Gasteiger partial charge on any atom is 0.165 e. The van der Waals surface area contributed by atoms with Gasteiger partial charge in [0.25, 0.3) is 0 Å². The Labute approximate surface area is 172 Å². The average Bonchev–Trinajstić information content (AvgIpc) is 3.10. The molecule has 2 aromatic heterocycles. The number of fused-ring (bicyclic) bond motifs is 2. The lowest BCUT2D eigenvalue weighted by Gasteiger charge is -2.23. The quantitative estimate of drug-likeness (QED) is 0.447. The molecule has 2 aromatic carbocycles. The minimum atomic E-state index is 0.784. The van der Waals surface area contributed by atoms with E-state index in [0.717, 1.165) is 42.0 Å². The maximum atomic E-state index is 4.78. The molecule has 0 bridgehead atoms. The first-order chi connectivity index (χ1) is 14.3. The summed E-state index contributed by atoms with van der Waals surface area (Å²) < 4.78 is 2.04. The van der Waals surface area contributed by atoms with Crippen molar-refractivity contribution in [2.24, 2.45) is 11.8 Å². The molecule has 2 unspecified atom stereocenters. The molecular formula is C25H28N4. The molecule has 1 aliphatic rings. The van der Waals surface area contributed by atoms with Gasteiger partial charge in [0.2, 0.25) is 0 Å². The van der Waals surface area contributed by atoms with Crippen LogP contribution in [-0.2, 0) is 0 Å². The van der Waals surface area contributed by atoms with Gasteiger partial charge in [0.15, 0.2) is 5.65 Å². The summed E-state index contributed by atoms with van der Waals surface area (Å²) in [5, 5.41) is 7.26. The van der Waals surface area contributed by atoms with E-state index < -0.39 is 0 Å². The number of aromatic nitrogens is 3. The Balaban J connectivity index is 1.58. The standard InChI is InChI=1S/C25H28N4/c1-3-19-13-16-28(15-12-18(19)2)24-11-14-26-25-23(17-27-29(24)25)22-10-6-8-20-7-4-5-9-21(20)22/h4-11,14,17-19H,3,12-13,15-16H2,1-2H3. The summed E-state index contributed by atoms with van der Waals surface area (Å²) in [4.78, 5) is 7.22. The fourth-order valence-electron chi connectivity index (χ4n) is 4.92. The largest absolute Gasteiger partial charge is 0.356 e. The van der Waals surface area contributed by atoms with Crippen LogP contribution in [0.15, 0.2) is 60.9 Å². The normalized spacial score (nSPS) is 20.3. The first-order valence-corrected chi connectivity index (χ1v) is 10.8. The molecule has 4 aromatic rings. The van der Waals surface area contributed by atoms with Gasteiger partial charge in [0, 0.05) is 24.8 Å². The van der Waals surface area contributed by atoms with Crippen molar-refractivity contribution in [1.82, 2.24) is 14.6 Å². The van der Waals surface area contributed by atoms with Crippen LogP contribution in [0.5, 0.6) is 0 Å². The van der Waals surface area contributed by atoms with E-state index in [1.807, 2.05) is 16.9 Å². The van der Waals surface area contributed by atoms with E-state index in [9.17, 15) is 0 Å². The fourth-order valence-corrected chi connectivity index (χ4v) is 4.92. The molecule has 4 nitrogen and oxygen atoms in total. The summed E-state index contributed by atoms with van der Waals surface area (Å²) in [5.74, 6) is 2.76. The highest BCUT2D eigenvalue weighted by molar-refractivity contribution is 5.99. The van der Waals surface area contributed by atoms with E-state index in [0.29, 0.717) is 0 Å². The predicted octanol–water partition coefficient (Wildman–Crippen LogP) is 5.81. The second-order valence-electron chi connectivity index (χ2n) is 8.33. The summed E-state index contributed by atoms with van der Waals surface area (Å²) in [5.41, 5.74) is 3.22. The molecule has 3 heterocycles. The van der Waals surface area contributed by atoms with Gasteiger partial charge >= 0.3 is 0 Å². The van der Waals surface area contributed by atoms with Crippen molar-refractivity contribution < 1.29 is 0 Å². The third-order valence-corrected chi connectivity index (χ3v) is 6.74. The zero-order chi connectivity index (χ0) is 19.8. The highest BCUT2D eigenvalue weighted by Gasteiger charge is 2.24. The van der Waals surface area contributed by atoms with Crippen LogP contribution < -0.4 is 4.90 Å². The van der Waals surface area contributed by atoms with Gasteiger partial charge in [-0.3, -0.25) is 0 Å². The number of rotatable bonds is 3. The Morgan fingerprint density at radius 1 is 0.966 bits per heavy atom. The number of hydrogen-bond donors (Lipinski definition) is 0. The monoisotopic (exact) mass is 384 g/mol. The van der Waals surface area contributed by atoms with E-state index in [4.69, 9.17) is 10.1 Å². The van der Waals surface area contributed by atoms with Crippen molar-refractivity contribution in [2.45, 2.75) is 33.1 Å². The first kappa shape index (κ1) is 18.2. The van der Waals surface area contributed by atoms with Gasteiger partial charge in [-0.15, -0.1) is 0 Å². The molecule has 1 saturated heterocycles. The lowest BCUT2D eigenvalue weighted by atomic mass is 9.88. The third-order valence-electron chi connectivity index (χ3n) is 6.74. The van der Waals surface area contributed by atoms with Gasteiger partial charge < -0.3 is 4.90 Å². The van der Waals surface area contributed by atoms with Gasteiger partial charge in [-0.1, -0.05) is 62.7 Å². The molecule has 148 valence electrons. The van der Waals surface area contributed by atoms with Gasteiger partial charge in [-0.25, -0.2) is 4.98 Å². The predicted molar refractivity (Wildman–Crippen MR) is 120 cm³/mol. The van der Waals surface area contributed by atoms with Gasteiger partial charge in [-0.2, -0.15) is 9.61 Å². The lowest BCUT2D eigenvalue weighted by Crippen LogP contribution is -2.26. The highest BCUT2D eigenvalue weighted by atomic mass is 15.3. The van der Waals surface area contributed by atoms with Crippen LogP contribution in [-0.4, -0.2) is 27.7 Å². The summed E-state index contributed by atoms with van der Waals surface area (Å²) in [6.45, 7) is 6.91. The van der Waals surface area contributed by atoms with Crippen LogP contribution in [0.25, 0.3) is 27.5 Å². The van der Waals surface area contributed by atoms with Crippen LogP contribution in [0, 0.1) is 11.8 Å². The molecule has 0 spiro atoms. The van der Waals surface area contributed by atoms with Crippen molar-refractivity contribution >= 4 is 22.2 Å². The summed E-state index contributed by atoms with van der Waals surface area (Å²) in [7, 11) is 0. The van der Waals surface area contributed by atoms with Crippen LogP contribution in [0.4, 0.5) is 5.82 Å². The fraction of sp³-hybridized carbons (Fsp3) is 0.360. The average molecular weight is 385 g/mol. The molecule has 0 saturated carbocycles. The Hall–Kier alpha value is -2.88. The van der Waals surface area contributed by atoms with Crippen LogP contribution in [0.3, 0.4) is 0 Å². The van der Waals surface area contributed by atoms with Gasteiger partial charge in [0.05, 0.1) is 6.20 Å². The summed E-state index contributed by atoms with van der Waals surface area (Å²) in [6.07, 6.45) is 7.67. The minimum absolute atomic E-state index is 0.784. The Kier molecular flexibility index (Phi) is 4.70. The molecular weight excluding hydrogens is 356 g/mol. The Morgan fingerprint density at radius 2 is 1.79 bits per heavy atom. The Morgan fingerprint density at radius 3 is 2.69 bits per heavy atom. The van der Waals surface area contributed by atoms with Crippen molar-refractivity contribution in [1.29, 1.82) is 0 Å².